The summed E-state index contributed by atoms with van der Waals surface area (Å²) in [6.07, 6.45) is 1.01. The van der Waals surface area contributed by atoms with Crippen LogP contribution in [0, 0.1) is 5.38 Å². The third-order valence-corrected chi connectivity index (χ3v) is 2.19. The van der Waals surface area contributed by atoms with Crippen molar-refractivity contribution in [2.75, 3.05) is 0 Å². The molecule has 43 valence electrons. The maximum Gasteiger partial charge on any atom is 0.0647 e. The summed E-state index contributed by atoms with van der Waals surface area (Å²) in [7, 11) is 0. The Morgan fingerprint density at radius 2 is 2.62 bits per heavy atom. The van der Waals surface area contributed by atoms with Gasteiger partial charge in [-0.25, -0.2) is 0 Å². The van der Waals surface area contributed by atoms with E-state index in [0.29, 0.717) is 0 Å². The highest BCUT2D eigenvalue weighted by molar-refractivity contribution is 7.08. The SMILES string of the molecule is CCc1cs[c]c1Cl. The molecule has 0 saturated heterocycles. The minimum Gasteiger partial charge on any atom is -0.141 e. The Balaban J connectivity index is 2.92. The lowest BCUT2D eigenvalue weighted by Gasteiger charge is -1.85. The summed E-state index contributed by atoms with van der Waals surface area (Å²) >= 11 is 7.23. The number of hydrogen-bond donors (Lipinski definition) is 0. The van der Waals surface area contributed by atoms with E-state index >= 15 is 0 Å². The first-order chi connectivity index (χ1) is 3.84. The van der Waals surface area contributed by atoms with Crippen LogP contribution in [0.5, 0.6) is 0 Å². The lowest BCUT2D eigenvalue weighted by molar-refractivity contribution is 1.16. The smallest absolute Gasteiger partial charge is 0.0647 e. The predicted octanol–water partition coefficient (Wildman–Crippen LogP) is 2.76. The largest absolute Gasteiger partial charge is 0.141 e. The zero-order chi connectivity index (χ0) is 5.98. The lowest BCUT2D eigenvalue weighted by Crippen LogP contribution is -1.70. The molecule has 0 aliphatic rings. The van der Waals surface area contributed by atoms with Crippen molar-refractivity contribution in [1.29, 1.82) is 0 Å². The van der Waals surface area contributed by atoms with Gasteiger partial charge in [-0.15, -0.1) is 11.3 Å². The Morgan fingerprint density at radius 3 is 2.88 bits per heavy atom. The highest BCUT2D eigenvalue weighted by Crippen LogP contribution is 2.19. The van der Waals surface area contributed by atoms with Gasteiger partial charge in [-0.3, -0.25) is 0 Å². The molecule has 0 aliphatic carbocycles. The van der Waals surface area contributed by atoms with E-state index in [1.165, 1.54) is 16.9 Å². The maximum absolute atomic E-state index is 5.69. The summed E-state index contributed by atoms with van der Waals surface area (Å²) in [5, 5.41) is 5.75. The zero-order valence-corrected chi connectivity index (χ0v) is 6.14. The van der Waals surface area contributed by atoms with E-state index < -0.39 is 0 Å². The summed E-state index contributed by atoms with van der Waals surface area (Å²) < 4.78 is 0. The first-order valence-electron chi connectivity index (χ1n) is 2.48. The fraction of sp³-hybridized carbons (Fsp3) is 0.333. The summed E-state index contributed by atoms with van der Waals surface area (Å²) in [6.45, 7) is 2.09. The van der Waals surface area contributed by atoms with Crippen LogP contribution in [0.4, 0.5) is 0 Å². The number of halogens is 1. The molecule has 8 heavy (non-hydrogen) atoms. The van der Waals surface area contributed by atoms with Crippen LogP contribution in [0.3, 0.4) is 0 Å². The van der Waals surface area contributed by atoms with Crippen LogP contribution in [0.1, 0.15) is 12.5 Å². The minimum atomic E-state index is 0.789. The number of thiophene rings is 1. The third-order valence-electron chi connectivity index (χ3n) is 1.01. The predicted molar refractivity (Wildman–Crippen MR) is 37.5 cm³/mol. The van der Waals surface area contributed by atoms with Gasteiger partial charge in [-0.1, -0.05) is 18.5 Å². The van der Waals surface area contributed by atoms with Gasteiger partial charge in [0.05, 0.1) is 10.4 Å². The highest BCUT2D eigenvalue weighted by atomic mass is 35.5. The number of aryl methyl sites for hydroxylation is 1. The average Bonchev–Trinajstić information content (AvgIpc) is 2.14. The van der Waals surface area contributed by atoms with E-state index in [1.807, 2.05) is 5.38 Å². The van der Waals surface area contributed by atoms with Crippen LogP contribution >= 0.6 is 22.9 Å². The van der Waals surface area contributed by atoms with Gasteiger partial charge in [0.1, 0.15) is 0 Å². The quantitative estimate of drug-likeness (QED) is 0.570. The third kappa shape index (κ3) is 1.04. The van der Waals surface area contributed by atoms with Crippen molar-refractivity contribution in [3.63, 3.8) is 0 Å². The van der Waals surface area contributed by atoms with Gasteiger partial charge < -0.3 is 0 Å². The number of rotatable bonds is 1. The molecule has 1 aromatic heterocycles. The van der Waals surface area contributed by atoms with E-state index in [0.717, 1.165) is 11.4 Å². The molecule has 0 aromatic carbocycles. The summed E-state index contributed by atoms with van der Waals surface area (Å²) in [4.78, 5) is 0. The molecule has 0 nitrogen and oxygen atoms in total. The van der Waals surface area contributed by atoms with Gasteiger partial charge in [0.2, 0.25) is 0 Å². The Hall–Kier alpha value is -0.0100. The molecule has 0 amide bonds. The Bertz CT molecular complexity index is 169. The minimum absolute atomic E-state index is 0.789. The fourth-order valence-corrected chi connectivity index (χ4v) is 1.61. The van der Waals surface area contributed by atoms with Gasteiger partial charge >= 0.3 is 0 Å². The van der Waals surface area contributed by atoms with Crippen molar-refractivity contribution in [2.24, 2.45) is 0 Å². The van der Waals surface area contributed by atoms with E-state index in [2.05, 4.69) is 12.3 Å². The molecule has 0 saturated carbocycles. The molecule has 0 bridgehead atoms. The molecule has 2 heteroatoms. The lowest BCUT2D eigenvalue weighted by atomic mass is 10.3. The van der Waals surface area contributed by atoms with Crippen molar-refractivity contribution in [2.45, 2.75) is 13.3 Å². The molecule has 1 heterocycles. The highest BCUT2D eigenvalue weighted by Gasteiger charge is 1.95. The Morgan fingerprint density at radius 1 is 1.88 bits per heavy atom. The molecule has 0 spiro atoms. The summed E-state index contributed by atoms with van der Waals surface area (Å²) in [6, 6.07) is 0. The molecular weight excluding hydrogens is 140 g/mol. The van der Waals surface area contributed by atoms with Crippen LogP contribution in [0.15, 0.2) is 5.38 Å². The van der Waals surface area contributed by atoms with Gasteiger partial charge in [0.15, 0.2) is 0 Å². The summed E-state index contributed by atoms with van der Waals surface area (Å²) in [5.41, 5.74) is 1.21. The Kier molecular flexibility index (Phi) is 1.92. The van der Waals surface area contributed by atoms with Crippen molar-refractivity contribution in [3.8, 4) is 0 Å². The van der Waals surface area contributed by atoms with Gasteiger partial charge in [-0.2, -0.15) is 0 Å². The van der Waals surface area contributed by atoms with Crippen LogP contribution in [0.25, 0.3) is 0 Å². The molecule has 1 aromatic rings. The molecular formula is C6H6ClS. The second-order valence-corrected chi connectivity index (χ2v) is 2.58. The van der Waals surface area contributed by atoms with Crippen LogP contribution < -0.4 is 0 Å². The van der Waals surface area contributed by atoms with Crippen LogP contribution in [0.2, 0.25) is 5.02 Å². The fourth-order valence-electron chi connectivity index (χ4n) is 0.508. The molecule has 1 rings (SSSR count). The van der Waals surface area contributed by atoms with Crippen LogP contribution in [-0.2, 0) is 6.42 Å². The molecule has 0 fully saturated rings. The number of hydrogen-bond acceptors (Lipinski definition) is 1. The topological polar surface area (TPSA) is 0 Å². The molecule has 0 N–H and O–H groups in total. The van der Waals surface area contributed by atoms with Crippen molar-refractivity contribution in [3.05, 3.63) is 21.3 Å². The second-order valence-electron chi connectivity index (χ2n) is 1.53. The molecule has 0 unspecified atom stereocenters. The van der Waals surface area contributed by atoms with Crippen molar-refractivity contribution >= 4 is 22.9 Å². The monoisotopic (exact) mass is 145 g/mol. The second kappa shape index (κ2) is 2.51. The molecule has 0 aliphatic heterocycles. The van der Waals surface area contributed by atoms with Gasteiger partial charge in [0, 0.05) is 0 Å². The van der Waals surface area contributed by atoms with E-state index in [-0.39, 0.29) is 0 Å². The standard InChI is InChI=1S/C6H6ClS/c1-2-5-3-8-4-6(5)7/h3H,2H2,1H3. The van der Waals surface area contributed by atoms with E-state index in [9.17, 15) is 0 Å². The summed E-state index contributed by atoms with van der Waals surface area (Å²) in [5.74, 6) is 0. The Labute approximate surface area is 58.1 Å². The van der Waals surface area contributed by atoms with E-state index in [1.54, 1.807) is 0 Å². The van der Waals surface area contributed by atoms with Crippen molar-refractivity contribution < 1.29 is 0 Å². The normalized spacial score (nSPS) is 9.75. The average molecular weight is 146 g/mol. The van der Waals surface area contributed by atoms with Crippen molar-refractivity contribution in [1.82, 2.24) is 0 Å². The van der Waals surface area contributed by atoms with Gasteiger partial charge in [0.25, 0.3) is 0 Å². The van der Waals surface area contributed by atoms with E-state index in [4.69, 9.17) is 11.6 Å². The first kappa shape index (κ1) is 6.12. The van der Waals surface area contributed by atoms with Gasteiger partial charge in [-0.05, 0) is 17.4 Å². The van der Waals surface area contributed by atoms with Crippen LogP contribution in [-0.4, -0.2) is 0 Å². The zero-order valence-electron chi connectivity index (χ0n) is 4.57. The first-order valence-corrected chi connectivity index (χ1v) is 3.74. The molecule has 0 atom stereocenters. The maximum atomic E-state index is 5.69. The molecule has 1 radical (unpaired) electrons.